The van der Waals surface area contributed by atoms with Crippen molar-refractivity contribution in [1.29, 1.82) is 0 Å². The monoisotopic (exact) mass is 449 g/mol. The van der Waals surface area contributed by atoms with E-state index in [2.05, 4.69) is 15.9 Å². The van der Waals surface area contributed by atoms with Crippen molar-refractivity contribution in [2.75, 3.05) is 6.61 Å². The number of carbonyl (C=O) groups excluding carboxylic acids is 1. The summed E-state index contributed by atoms with van der Waals surface area (Å²) in [4.78, 5) is 12.4. The van der Waals surface area contributed by atoms with Gasteiger partial charge in [0.05, 0.1) is 23.1 Å². The van der Waals surface area contributed by atoms with Crippen LogP contribution < -0.4 is 0 Å². The molecule has 7 heteroatoms. The number of benzene rings is 2. The van der Waals surface area contributed by atoms with Gasteiger partial charge in [-0.05, 0) is 43.7 Å². The number of halogens is 1. The minimum atomic E-state index is -3.81. The fourth-order valence-electron chi connectivity index (χ4n) is 2.97. The summed E-state index contributed by atoms with van der Waals surface area (Å²) >= 11 is 3.39. The molecule has 0 radical (unpaired) electrons. The van der Waals surface area contributed by atoms with Gasteiger partial charge in [0, 0.05) is 17.1 Å². The molecular weight excluding hydrogens is 430 g/mol. The van der Waals surface area contributed by atoms with Crippen molar-refractivity contribution < 1.29 is 17.9 Å². The zero-order valence-electron chi connectivity index (χ0n) is 15.1. The van der Waals surface area contributed by atoms with Gasteiger partial charge in [0.25, 0.3) is 10.0 Å². The van der Waals surface area contributed by atoms with Crippen molar-refractivity contribution in [2.45, 2.75) is 31.2 Å². The van der Waals surface area contributed by atoms with E-state index in [0.29, 0.717) is 5.57 Å². The van der Waals surface area contributed by atoms with Crippen LogP contribution in [0.5, 0.6) is 0 Å². The molecule has 1 atom stereocenters. The maximum Gasteiger partial charge on any atom is 0.335 e. The lowest BCUT2D eigenvalue weighted by atomic mass is 10.0. The van der Waals surface area contributed by atoms with Crippen LogP contribution >= 0.6 is 15.9 Å². The van der Waals surface area contributed by atoms with Gasteiger partial charge in [-0.25, -0.2) is 13.2 Å². The molecule has 27 heavy (non-hydrogen) atoms. The number of hydrogen-bond donors (Lipinski definition) is 0. The zero-order chi connectivity index (χ0) is 19.6. The lowest BCUT2D eigenvalue weighted by Gasteiger charge is -2.25. The van der Waals surface area contributed by atoms with Crippen LogP contribution in [0.3, 0.4) is 0 Å². The molecule has 3 rings (SSSR count). The van der Waals surface area contributed by atoms with Gasteiger partial charge >= 0.3 is 5.97 Å². The van der Waals surface area contributed by atoms with E-state index in [9.17, 15) is 13.2 Å². The topological polar surface area (TPSA) is 63.7 Å². The number of sulfonamides is 1. The summed E-state index contributed by atoms with van der Waals surface area (Å²) in [5.74, 6) is -0.485. The molecule has 0 bridgehead atoms. The molecule has 0 saturated carbocycles. The Morgan fingerprint density at radius 2 is 1.78 bits per heavy atom. The number of ether oxygens (including phenoxy) is 1. The van der Waals surface area contributed by atoms with E-state index in [4.69, 9.17) is 4.74 Å². The first kappa shape index (κ1) is 19.6. The second-order valence-corrected chi connectivity index (χ2v) is 9.05. The number of nitrogens with zero attached hydrogens (tertiary/aromatic N) is 1. The molecule has 142 valence electrons. The molecule has 1 unspecified atom stereocenters. The predicted molar refractivity (Wildman–Crippen MR) is 106 cm³/mol. The lowest BCUT2D eigenvalue weighted by Crippen LogP contribution is -2.27. The largest absolute Gasteiger partial charge is 0.463 e. The van der Waals surface area contributed by atoms with Crippen LogP contribution in [0, 0.1) is 6.92 Å². The fraction of sp³-hybridized carbons (Fsp3) is 0.250. The Balaban J connectivity index is 2.04. The van der Waals surface area contributed by atoms with Crippen LogP contribution in [-0.2, 0) is 19.6 Å². The van der Waals surface area contributed by atoms with Gasteiger partial charge in [0.15, 0.2) is 0 Å². The highest BCUT2D eigenvalue weighted by molar-refractivity contribution is 9.10. The third kappa shape index (κ3) is 4.09. The van der Waals surface area contributed by atoms with Crippen LogP contribution in [0.15, 0.2) is 69.7 Å². The van der Waals surface area contributed by atoms with E-state index >= 15 is 0 Å². The SMILES string of the molecule is CCOC(=O)C1=CN(S(=O)(=O)c2ccc(C)cc2)C(c2ccc(Br)cc2)C1. The minimum absolute atomic E-state index is 0.191. The quantitative estimate of drug-likeness (QED) is 0.636. The Bertz CT molecular complexity index is 966. The molecule has 0 fully saturated rings. The van der Waals surface area contributed by atoms with Crippen molar-refractivity contribution >= 4 is 31.9 Å². The summed E-state index contributed by atoms with van der Waals surface area (Å²) in [6.07, 6.45) is 1.67. The summed E-state index contributed by atoms with van der Waals surface area (Å²) in [5.41, 5.74) is 2.13. The van der Waals surface area contributed by atoms with E-state index in [1.54, 1.807) is 31.2 Å². The summed E-state index contributed by atoms with van der Waals surface area (Å²) in [6, 6.07) is 13.6. The first-order valence-electron chi connectivity index (χ1n) is 8.56. The standard InChI is InChI=1S/C20H20BrNO4S/c1-3-26-20(23)16-12-19(15-6-8-17(21)9-7-15)22(13-16)27(24,25)18-10-4-14(2)5-11-18/h4-11,13,19H,3,12H2,1-2H3. The van der Waals surface area contributed by atoms with Crippen LogP contribution in [0.4, 0.5) is 0 Å². The highest BCUT2D eigenvalue weighted by atomic mass is 79.9. The Hall–Kier alpha value is -2.12. The van der Waals surface area contributed by atoms with Crippen molar-refractivity contribution in [2.24, 2.45) is 0 Å². The Labute approximate surface area is 167 Å². The zero-order valence-corrected chi connectivity index (χ0v) is 17.5. The number of hydrogen-bond acceptors (Lipinski definition) is 4. The smallest absolute Gasteiger partial charge is 0.335 e. The molecule has 0 saturated heterocycles. The molecule has 1 aliphatic heterocycles. The first-order chi connectivity index (χ1) is 12.8. The van der Waals surface area contributed by atoms with Gasteiger partial charge < -0.3 is 4.74 Å². The molecule has 2 aromatic carbocycles. The molecule has 0 spiro atoms. The number of carbonyl (C=O) groups is 1. The number of esters is 1. The van der Waals surface area contributed by atoms with Gasteiger partial charge in [-0.1, -0.05) is 45.8 Å². The average Bonchev–Trinajstić information content (AvgIpc) is 3.09. The number of aryl methyl sites for hydroxylation is 1. The van der Waals surface area contributed by atoms with Gasteiger partial charge in [0.1, 0.15) is 0 Å². The molecule has 0 amide bonds. The van der Waals surface area contributed by atoms with E-state index in [1.807, 2.05) is 31.2 Å². The highest BCUT2D eigenvalue weighted by Gasteiger charge is 2.37. The maximum absolute atomic E-state index is 13.2. The van der Waals surface area contributed by atoms with Gasteiger partial charge in [-0.2, -0.15) is 0 Å². The lowest BCUT2D eigenvalue weighted by molar-refractivity contribution is -0.138. The molecule has 2 aromatic rings. The first-order valence-corrected chi connectivity index (χ1v) is 10.8. The van der Waals surface area contributed by atoms with Crippen molar-refractivity contribution in [3.8, 4) is 0 Å². The third-order valence-corrected chi connectivity index (χ3v) is 6.70. The van der Waals surface area contributed by atoms with Crippen LogP contribution in [0.1, 0.15) is 30.5 Å². The molecule has 5 nitrogen and oxygen atoms in total. The van der Waals surface area contributed by atoms with Crippen molar-refractivity contribution in [3.05, 3.63) is 75.9 Å². The second kappa shape index (κ2) is 7.86. The Kier molecular flexibility index (Phi) is 5.72. The Morgan fingerprint density at radius 1 is 1.15 bits per heavy atom. The van der Waals surface area contributed by atoms with Gasteiger partial charge in [0.2, 0.25) is 0 Å². The normalized spacial score (nSPS) is 16.9. The Morgan fingerprint density at radius 3 is 2.37 bits per heavy atom. The summed E-state index contributed by atoms with van der Waals surface area (Å²) in [6.45, 7) is 3.86. The van der Waals surface area contributed by atoms with Crippen molar-refractivity contribution in [1.82, 2.24) is 4.31 Å². The summed E-state index contributed by atoms with van der Waals surface area (Å²) < 4.78 is 33.7. The van der Waals surface area contributed by atoms with Crippen LogP contribution in [-0.4, -0.2) is 25.3 Å². The van der Waals surface area contributed by atoms with Gasteiger partial charge in [-0.3, -0.25) is 4.31 Å². The van der Waals surface area contributed by atoms with Crippen LogP contribution in [0.2, 0.25) is 0 Å². The van der Waals surface area contributed by atoms with E-state index < -0.39 is 22.0 Å². The molecule has 0 aromatic heterocycles. The maximum atomic E-state index is 13.2. The average molecular weight is 450 g/mol. The fourth-order valence-corrected chi connectivity index (χ4v) is 4.76. The predicted octanol–water partition coefficient (Wildman–Crippen LogP) is 4.34. The molecule has 1 aliphatic rings. The molecular formula is C20H20BrNO4S. The van der Waals surface area contributed by atoms with Crippen molar-refractivity contribution in [3.63, 3.8) is 0 Å². The number of rotatable bonds is 5. The summed E-state index contributed by atoms with van der Waals surface area (Å²) in [5, 5.41) is 0. The molecule has 0 N–H and O–H groups in total. The summed E-state index contributed by atoms with van der Waals surface area (Å²) in [7, 11) is -3.81. The van der Waals surface area contributed by atoms with E-state index in [0.717, 1.165) is 15.6 Å². The van der Waals surface area contributed by atoms with E-state index in [1.165, 1.54) is 10.5 Å². The van der Waals surface area contributed by atoms with Crippen LogP contribution in [0.25, 0.3) is 0 Å². The van der Waals surface area contributed by atoms with Gasteiger partial charge in [-0.15, -0.1) is 0 Å². The minimum Gasteiger partial charge on any atom is -0.463 e. The van der Waals surface area contributed by atoms with E-state index in [-0.39, 0.29) is 17.9 Å². The molecule has 1 heterocycles. The third-order valence-electron chi connectivity index (χ3n) is 4.39. The molecule has 0 aliphatic carbocycles. The second-order valence-electron chi connectivity index (χ2n) is 6.29. The highest BCUT2D eigenvalue weighted by Crippen LogP contribution is 2.39.